The molecule has 1 saturated carbocycles. The summed E-state index contributed by atoms with van der Waals surface area (Å²) in [6, 6.07) is 14.9. The van der Waals surface area contributed by atoms with Crippen LogP contribution < -0.4 is 24.8 Å². The number of nitrogens with zero attached hydrogens (tertiary/aromatic N) is 2. The molecule has 1 fully saturated rings. The van der Waals surface area contributed by atoms with Crippen LogP contribution in [0.2, 0.25) is 0 Å². The van der Waals surface area contributed by atoms with Crippen molar-refractivity contribution in [1.82, 2.24) is 9.88 Å². The third-order valence-corrected chi connectivity index (χ3v) is 8.40. The number of anilines is 2. The molecule has 1 heterocycles. The second-order valence-electron chi connectivity index (χ2n) is 11.2. The molecule has 1 aliphatic carbocycles. The number of amides is 1. The number of amidine groups is 1. The van der Waals surface area contributed by atoms with E-state index in [9.17, 15) is 9.18 Å². The van der Waals surface area contributed by atoms with Gasteiger partial charge in [0.2, 0.25) is 5.91 Å². The molecular formula is C35H39F2N5O4. The Morgan fingerprint density at radius 1 is 0.935 bits per heavy atom. The first-order chi connectivity index (χ1) is 22.3. The van der Waals surface area contributed by atoms with Gasteiger partial charge in [-0.05, 0) is 80.9 Å². The molecule has 0 unspecified atom stereocenters. The summed E-state index contributed by atoms with van der Waals surface area (Å²) < 4.78 is 46.2. The van der Waals surface area contributed by atoms with Gasteiger partial charge < -0.3 is 29.7 Å². The average Bonchev–Trinajstić information content (AvgIpc) is 3.02. The van der Waals surface area contributed by atoms with Gasteiger partial charge in [0.1, 0.15) is 22.8 Å². The second kappa shape index (κ2) is 14.6. The van der Waals surface area contributed by atoms with Crippen LogP contribution in [0.1, 0.15) is 39.5 Å². The fourth-order valence-electron chi connectivity index (χ4n) is 5.45. The minimum Gasteiger partial charge on any atom is -0.493 e. The van der Waals surface area contributed by atoms with Crippen LogP contribution in [0.4, 0.5) is 20.2 Å². The summed E-state index contributed by atoms with van der Waals surface area (Å²) in [6.07, 6.45) is 4.16. The van der Waals surface area contributed by atoms with Gasteiger partial charge in [0.15, 0.2) is 23.1 Å². The Morgan fingerprint density at radius 3 is 2.33 bits per heavy atom. The monoisotopic (exact) mass is 631 g/mol. The summed E-state index contributed by atoms with van der Waals surface area (Å²) in [6.45, 7) is 7.72. The minimum absolute atomic E-state index is 0.0207. The summed E-state index contributed by atoms with van der Waals surface area (Å²) in [4.78, 5) is 19.9. The second-order valence-corrected chi connectivity index (χ2v) is 11.2. The molecule has 0 radical (unpaired) electrons. The van der Waals surface area contributed by atoms with E-state index in [-0.39, 0.29) is 17.5 Å². The smallest absolute Gasteiger partial charge is 0.238 e. The van der Waals surface area contributed by atoms with Crippen LogP contribution >= 0.6 is 0 Å². The van der Waals surface area contributed by atoms with Crippen molar-refractivity contribution in [1.29, 1.82) is 5.41 Å². The lowest BCUT2D eigenvalue weighted by Crippen LogP contribution is -2.50. The highest BCUT2D eigenvalue weighted by atomic mass is 19.1. The number of ether oxygens (including phenoxy) is 3. The first kappa shape index (κ1) is 32.6. The van der Waals surface area contributed by atoms with Gasteiger partial charge in [-0.3, -0.25) is 15.2 Å². The van der Waals surface area contributed by atoms with Crippen LogP contribution in [0.3, 0.4) is 0 Å². The summed E-state index contributed by atoms with van der Waals surface area (Å²) in [7, 11) is 1.56. The van der Waals surface area contributed by atoms with Gasteiger partial charge in [0, 0.05) is 41.6 Å². The number of halogens is 2. The molecular weight excluding hydrogens is 592 g/mol. The van der Waals surface area contributed by atoms with Crippen LogP contribution in [-0.4, -0.2) is 55.0 Å². The number of pyridine rings is 1. The maximum atomic E-state index is 15.3. The Morgan fingerprint density at radius 2 is 1.67 bits per heavy atom. The highest BCUT2D eigenvalue weighted by Crippen LogP contribution is 2.43. The maximum Gasteiger partial charge on any atom is 0.238 e. The number of carbonyl (C=O) groups excluding carboxylic acids is 1. The van der Waals surface area contributed by atoms with Crippen molar-refractivity contribution in [3.63, 3.8) is 0 Å². The zero-order chi connectivity index (χ0) is 32.7. The van der Waals surface area contributed by atoms with Gasteiger partial charge in [0.25, 0.3) is 0 Å². The lowest BCUT2D eigenvalue weighted by Gasteiger charge is -2.40. The van der Waals surface area contributed by atoms with Crippen LogP contribution in [-0.2, 0) is 4.79 Å². The Bertz CT molecular complexity index is 1690. The van der Waals surface area contributed by atoms with Crippen LogP contribution in [0.25, 0.3) is 10.9 Å². The lowest BCUT2D eigenvalue weighted by atomic mass is 9.67. The molecule has 9 nitrogen and oxygen atoms in total. The van der Waals surface area contributed by atoms with E-state index >= 15 is 4.39 Å². The van der Waals surface area contributed by atoms with E-state index in [0.717, 1.165) is 32.5 Å². The molecule has 1 amide bonds. The van der Waals surface area contributed by atoms with E-state index in [2.05, 4.69) is 34.4 Å². The molecule has 0 atom stereocenters. The molecule has 0 spiro atoms. The highest BCUT2D eigenvalue weighted by Gasteiger charge is 2.48. The zero-order valence-corrected chi connectivity index (χ0v) is 26.3. The predicted octanol–water partition coefficient (Wildman–Crippen LogP) is 7.62. The van der Waals surface area contributed by atoms with Crippen molar-refractivity contribution >= 4 is 34.0 Å². The fourth-order valence-corrected chi connectivity index (χ4v) is 5.45. The van der Waals surface area contributed by atoms with Gasteiger partial charge in [-0.15, -0.1) is 0 Å². The first-order valence-electron chi connectivity index (χ1n) is 15.5. The van der Waals surface area contributed by atoms with E-state index in [1.807, 2.05) is 0 Å². The number of rotatable bonds is 14. The number of carbonyl (C=O) groups is 1. The van der Waals surface area contributed by atoms with Gasteiger partial charge >= 0.3 is 0 Å². The highest BCUT2D eigenvalue weighted by molar-refractivity contribution is 6.16. The molecule has 11 heteroatoms. The lowest BCUT2D eigenvalue weighted by molar-refractivity contribution is -0.125. The minimum atomic E-state index is -1.08. The van der Waals surface area contributed by atoms with E-state index in [0.29, 0.717) is 59.0 Å². The summed E-state index contributed by atoms with van der Waals surface area (Å²) in [5.41, 5.74) is 0.269. The van der Waals surface area contributed by atoms with Crippen molar-refractivity contribution in [2.75, 3.05) is 44.0 Å². The standard InChI is InChI=1S/C35H39F2N5O4/c1-4-42(5-2)18-7-19-45-32-22-28-26(21-31(32)44-3)29(14-17-39-28)46-30-13-12-25(20-27(30)37)40-33(38)35(15-6-16-35)34(43)41-24-10-8-23(36)9-11-24/h8-14,17,20-22H,4-7,15-16,18-19H2,1-3H3,(H2,38,40)(H,41,43). The molecule has 1 aromatic heterocycles. The van der Waals surface area contributed by atoms with E-state index < -0.39 is 17.0 Å². The summed E-state index contributed by atoms with van der Waals surface area (Å²) in [5, 5.41) is 15.0. The predicted molar refractivity (Wildman–Crippen MR) is 175 cm³/mol. The van der Waals surface area contributed by atoms with Crippen molar-refractivity contribution < 1.29 is 27.8 Å². The molecule has 0 bridgehead atoms. The Balaban J connectivity index is 1.27. The van der Waals surface area contributed by atoms with E-state index in [1.165, 1.54) is 36.4 Å². The van der Waals surface area contributed by atoms with Gasteiger partial charge in [-0.2, -0.15) is 0 Å². The summed E-state index contributed by atoms with van der Waals surface area (Å²) >= 11 is 0. The first-order valence-corrected chi connectivity index (χ1v) is 15.5. The molecule has 242 valence electrons. The maximum absolute atomic E-state index is 15.3. The van der Waals surface area contributed by atoms with Crippen molar-refractivity contribution in [3.8, 4) is 23.0 Å². The Kier molecular flexibility index (Phi) is 10.3. The van der Waals surface area contributed by atoms with Crippen LogP contribution in [0.15, 0.2) is 66.9 Å². The molecule has 0 saturated heterocycles. The zero-order valence-electron chi connectivity index (χ0n) is 26.3. The van der Waals surface area contributed by atoms with Crippen LogP contribution in [0, 0.1) is 22.5 Å². The Hall–Kier alpha value is -4.77. The van der Waals surface area contributed by atoms with E-state index in [1.54, 1.807) is 37.6 Å². The number of hydrogen-bond acceptors (Lipinski definition) is 7. The molecule has 3 aromatic carbocycles. The van der Waals surface area contributed by atoms with Gasteiger partial charge in [-0.25, -0.2) is 8.78 Å². The average molecular weight is 632 g/mol. The van der Waals surface area contributed by atoms with Crippen molar-refractivity contribution in [3.05, 3.63) is 78.5 Å². The molecule has 4 aromatic rings. The fraction of sp³-hybridized carbons (Fsp3) is 0.343. The van der Waals surface area contributed by atoms with Crippen molar-refractivity contribution in [2.45, 2.75) is 39.5 Å². The number of aromatic nitrogens is 1. The number of fused-ring (bicyclic) bond motifs is 1. The number of hydrogen-bond donors (Lipinski definition) is 3. The van der Waals surface area contributed by atoms with Gasteiger partial charge in [0.05, 0.1) is 19.2 Å². The third-order valence-electron chi connectivity index (χ3n) is 8.40. The number of benzene rings is 3. The quantitative estimate of drug-likeness (QED) is 0.0746. The molecule has 0 aliphatic heterocycles. The van der Waals surface area contributed by atoms with E-state index in [4.69, 9.17) is 19.6 Å². The third kappa shape index (κ3) is 7.20. The normalized spacial score (nSPS) is 13.6. The molecule has 5 rings (SSSR count). The molecule has 46 heavy (non-hydrogen) atoms. The number of methoxy groups -OCH3 is 1. The Labute approximate surface area is 267 Å². The topological polar surface area (TPSA) is 109 Å². The largest absolute Gasteiger partial charge is 0.493 e. The number of nitrogens with one attached hydrogen (secondary N) is 3. The molecule has 3 N–H and O–H groups in total. The van der Waals surface area contributed by atoms with Crippen molar-refractivity contribution in [2.24, 2.45) is 5.41 Å². The SMILES string of the molecule is CCN(CC)CCCOc1cc2nccc(Oc3ccc(NC(=N)C4(C(=O)Nc5ccc(F)cc5)CCC4)cc3F)c2cc1OC. The van der Waals surface area contributed by atoms with Crippen LogP contribution in [0.5, 0.6) is 23.0 Å². The summed E-state index contributed by atoms with van der Waals surface area (Å²) in [5.74, 6) is -0.0168. The molecule has 1 aliphatic rings. The van der Waals surface area contributed by atoms with Gasteiger partial charge in [-0.1, -0.05) is 20.3 Å².